The van der Waals surface area contributed by atoms with Gasteiger partial charge in [-0.15, -0.1) is 11.3 Å². The number of amides is 1. The second-order valence-corrected chi connectivity index (χ2v) is 6.80. The molecule has 1 amide bonds. The zero-order chi connectivity index (χ0) is 17.1. The fraction of sp³-hybridized carbons (Fsp3) is 0.111. The van der Waals surface area contributed by atoms with Crippen LogP contribution in [-0.4, -0.2) is 23.3 Å². The van der Waals surface area contributed by atoms with E-state index >= 15 is 0 Å². The Balaban J connectivity index is 1.62. The van der Waals surface area contributed by atoms with Gasteiger partial charge in [0.15, 0.2) is 0 Å². The Morgan fingerprint density at radius 1 is 1.12 bits per heavy atom. The maximum atomic E-state index is 12.0. The molecular weight excluding hydrogens is 346 g/mol. The number of nitrogens with one attached hydrogen (secondary N) is 1. The van der Waals surface area contributed by atoms with E-state index in [0.717, 1.165) is 15.0 Å². The van der Waals surface area contributed by atoms with Crippen LogP contribution < -0.4 is 5.32 Å². The highest BCUT2D eigenvalue weighted by Gasteiger charge is 2.18. The summed E-state index contributed by atoms with van der Waals surface area (Å²) in [5.74, 6) is -1.41. The van der Waals surface area contributed by atoms with Gasteiger partial charge in [-0.3, -0.25) is 9.59 Å². The summed E-state index contributed by atoms with van der Waals surface area (Å²) < 4.78 is 1.06. The number of hydrogen-bond donors (Lipinski definition) is 2. The number of carbonyl (C=O) groups excluding carboxylic acids is 2. The third-order valence-corrected chi connectivity index (χ3v) is 5.01. The second-order valence-electron chi connectivity index (χ2n) is 5.25. The lowest BCUT2D eigenvalue weighted by molar-refractivity contribution is -0.117. The second kappa shape index (κ2) is 7.13. The molecule has 0 aliphatic heterocycles. The normalized spacial score (nSPS) is 12.1. The summed E-state index contributed by atoms with van der Waals surface area (Å²) in [6.07, 6.45) is -0.857. The van der Waals surface area contributed by atoms with Crippen LogP contribution in [0.5, 0.6) is 0 Å². The first-order valence-electron chi connectivity index (χ1n) is 7.29. The van der Waals surface area contributed by atoms with Crippen LogP contribution in [0.25, 0.3) is 10.1 Å². The minimum atomic E-state index is -0.857. The van der Waals surface area contributed by atoms with E-state index in [4.69, 9.17) is 11.6 Å². The highest BCUT2D eigenvalue weighted by atomic mass is 35.5. The predicted molar refractivity (Wildman–Crippen MR) is 95.6 cm³/mol. The average Bonchev–Trinajstić information content (AvgIpc) is 3.03. The van der Waals surface area contributed by atoms with Crippen LogP contribution in [-0.2, 0) is 4.79 Å². The molecule has 0 fully saturated rings. The van der Waals surface area contributed by atoms with Crippen LogP contribution in [0, 0.1) is 0 Å². The molecule has 2 N–H and O–H groups in total. The number of rotatable bonds is 5. The smallest absolute Gasteiger partial charge is 0.292 e. The van der Waals surface area contributed by atoms with Gasteiger partial charge in [0.25, 0.3) is 5.91 Å². The lowest BCUT2D eigenvalue weighted by Crippen LogP contribution is -2.34. The van der Waals surface area contributed by atoms with Gasteiger partial charge in [-0.25, -0.2) is 0 Å². The van der Waals surface area contributed by atoms with E-state index < -0.39 is 17.8 Å². The van der Waals surface area contributed by atoms with Gasteiger partial charge in [-0.2, -0.15) is 0 Å². The molecule has 0 saturated carbocycles. The largest absolute Gasteiger partial charge is 0.386 e. The van der Waals surface area contributed by atoms with E-state index in [2.05, 4.69) is 5.32 Å². The number of carbonyl (C=O) groups is 2. The minimum absolute atomic E-state index is 0.0228. The highest BCUT2D eigenvalue weighted by molar-refractivity contribution is 7.19. The van der Waals surface area contributed by atoms with Crippen molar-refractivity contribution < 1.29 is 14.7 Å². The minimum Gasteiger partial charge on any atom is -0.386 e. The van der Waals surface area contributed by atoms with Gasteiger partial charge in [0.1, 0.15) is 6.10 Å². The number of benzene rings is 2. The Kier molecular flexibility index (Phi) is 4.94. The fourth-order valence-electron chi connectivity index (χ4n) is 2.27. The summed E-state index contributed by atoms with van der Waals surface area (Å²) in [7, 11) is 0. The van der Waals surface area contributed by atoms with E-state index in [1.54, 1.807) is 12.1 Å². The maximum absolute atomic E-state index is 12.0. The molecule has 24 heavy (non-hydrogen) atoms. The molecule has 2 aromatic carbocycles. The van der Waals surface area contributed by atoms with Crippen LogP contribution in [0.3, 0.4) is 0 Å². The van der Waals surface area contributed by atoms with E-state index in [1.807, 2.05) is 30.3 Å². The molecule has 0 aliphatic carbocycles. The van der Waals surface area contributed by atoms with Crippen molar-refractivity contribution >= 4 is 44.7 Å². The van der Waals surface area contributed by atoms with E-state index in [0.29, 0.717) is 5.02 Å². The summed E-state index contributed by atoms with van der Waals surface area (Å²) in [4.78, 5) is 24.7. The molecule has 6 heteroatoms. The average molecular weight is 360 g/mol. The van der Waals surface area contributed by atoms with Crippen LogP contribution in [0.4, 0.5) is 0 Å². The third kappa shape index (κ3) is 3.64. The molecule has 3 aromatic rings. The maximum Gasteiger partial charge on any atom is 0.292 e. The Labute approximate surface area is 147 Å². The molecule has 0 radical (unpaired) electrons. The Morgan fingerprint density at radius 3 is 2.54 bits per heavy atom. The monoisotopic (exact) mass is 359 g/mol. The number of thiophene rings is 1. The van der Waals surface area contributed by atoms with Gasteiger partial charge >= 0.3 is 0 Å². The van der Waals surface area contributed by atoms with E-state index in [1.165, 1.54) is 23.5 Å². The molecule has 1 atom stereocenters. The number of aliphatic hydroxyl groups is 1. The molecule has 0 saturated heterocycles. The lowest BCUT2D eigenvalue weighted by atomic mass is 10.1. The number of hydrogen-bond acceptors (Lipinski definition) is 4. The summed E-state index contributed by atoms with van der Waals surface area (Å²) >= 11 is 7.22. The first-order chi connectivity index (χ1) is 11.5. The Morgan fingerprint density at radius 2 is 1.83 bits per heavy atom. The Bertz CT molecular complexity index is 856. The zero-order valence-corrected chi connectivity index (χ0v) is 14.1. The summed E-state index contributed by atoms with van der Waals surface area (Å²) in [6, 6.07) is 15.8. The zero-order valence-electron chi connectivity index (χ0n) is 12.5. The topological polar surface area (TPSA) is 66.4 Å². The lowest BCUT2D eigenvalue weighted by Gasteiger charge is -2.09. The number of Topliss-reactive ketones (excluding diaryl/α,β-unsaturated/α-hetero) is 1. The summed E-state index contributed by atoms with van der Waals surface area (Å²) in [5.41, 5.74) is 0.258. The van der Waals surface area contributed by atoms with Crippen LogP contribution in [0.2, 0.25) is 5.02 Å². The first kappa shape index (κ1) is 16.6. The number of aliphatic hydroxyl groups excluding tert-OH is 1. The van der Waals surface area contributed by atoms with Crippen molar-refractivity contribution in [3.05, 3.63) is 70.1 Å². The van der Waals surface area contributed by atoms with Crippen molar-refractivity contribution in [3.63, 3.8) is 0 Å². The van der Waals surface area contributed by atoms with Crippen LogP contribution in [0.1, 0.15) is 21.3 Å². The van der Waals surface area contributed by atoms with Gasteiger partial charge in [-0.05, 0) is 41.8 Å². The molecule has 3 rings (SSSR count). The number of halogens is 1. The molecule has 1 unspecified atom stereocenters. The van der Waals surface area contributed by atoms with Gasteiger partial charge < -0.3 is 10.4 Å². The number of fused-ring (bicyclic) bond motifs is 1. The molecule has 1 aromatic heterocycles. The van der Waals surface area contributed by atoms with Crippen LogP contribution in [0.15, 0.2) is 54.6 Å². The molecule has 122 valence electrons. The SMILES string of the molecule is O=C(NCC(O)c1cc2ccccc2s1)C(=O)c1ccc(Cl)cc1. The standard InChI is InChI=1S/C18H14ClNO3S/c19-13-7-5-11(6-8-13)17(22)18(23)20-10-14(21)16-9-12-3-1-2-4-15(12)24-16/h1-9,14,21H,10H2,(H,20,23). The highest BCUT2D eigenvalue weighted by Crippen LogP contribution is 2.29. The van der Waals surface area contributed by atoms with Crippen molar-refractivity contribution in [3.8, 4) is 0 Å². The Hall–Kier alpha value is -2.21. The van der Waals surface area contributed by atoms with E-state index in [9.17, 15) is 14.7 Å². The van der Waals surface area contributed by atoms with E-state index in [-0.39, 0.29) is 12.1 Å². The predicted octanol–water partition coefficient (Wildman–Crippen LogP) is 3.59. The quantitative estimate of drug-likeness (QED) is 0.540. The molecule has 1 heterocycles. The van der Waals surface area contributed by atoms with Crippen molar-refractivity contribution in [2.24, 2.45) is 0 Å². The van der Waals surface area contributed by atoms with Crippen molar-refractivity contribution in [1.29, 1.82) is 0 Å². The molecule has 0 aliphatic rings. The van der Waals surface area contributed by atoms with Gasteiger partial charge in [0.2, 0.25) is 5.78 Å². The fourth-order valence-corrected chi connectivity index (χ4v) is 3.45. The molecular formula is C18H14ClNO3S. The molecule has 0 spiro atoms. The van der Waals surface area contributed by atoms with Crippen LogP contribution >= 0.6 is 22.9 Å². The van der Waals surface area contributed by atoms with Crippen molar-refractivity contribution in [2.45, 2.75) is 6.10 Å². The first-order valence-corrected chi connectivity index (χ1v) is 8.48. The summed E-state index contributed by atoms with van der Waals surface area (Å²) in [5, 5.41) is 14.2. The molecule has 0 bridgehead atoms. The van der Waals surface area contributed by atoms with Crippen molar-refractivity contribution in [2.75, 3.05) is 6.54 Å². The van der Waals surface area contributed by atoms with Gasteiger partial charge in [-0.1, -0.05) is 29.8 Å². The van der Waals surface area contributed by atoms with Gasteiger partial charge in [0.05, 0.1) is 0 Å². The van der Waals surface area contributed by atoms with Crippen molar-refractivity contribution in [1.82, 2.24) is 5.32 Å². The summed E-state index contributed by atoms with van der Waals surface area (Å²) in [6.45, 7) is -0.0228. The number of ketones is 1. The third-order valence-electron chi connectivity index (χ3n) is 3.54. The molecule has 4 nitrogen and oxygen atoms in total. The van der Waals surface area contributed by atoms with Gasteiger partial charge in [0, 0.05) is 26.7 Å².